The molecule has 3 unspecified atom stereocenters. The van der Waals surface area contributed by atoms with Crippen molar-refractivity contribution in [2.45, 2.75) is 25.4 Å². The molecule has 0 aromatic heterocycles. The van der Waals surface area contributed by atoms with Crippen molar-refractivity contribution in [2.24, 2.45) is 5.92 Å². The van der Waals surface area contributed by atoms with Crippen LogP contribution in [0.5, 0.6) is 5.75 Å². The molecule has 3 atom stereocenters. The number of benzene rings is 1. The van der Waals surface area contributed by atoms with Gasteiger partial charge in [0.2, 0.25) is 5.91 Å². The molecule has 1 amide bonds. The second-order valence-electron chi connectivity index (χ2n) is 5.64. The topological polar surface area (TPSA) is 70.6 Å². The highest BCUT2D eigenvalue weighted by Gasteiger charge is 2.25. The van der Waals surface area contributed by atoms with Gasteiger partial charge in [0.05, 0.1) is 13.2 Å². The van der Waals surface area contributed by atoms with E-state index in [1.165, 1.54) is 0 Å². The quantitative estimate of drug-likeness (QED) is 0.728. The van der Waals surface area contributed by atoms with Gasteiger partial charge < -0.3 is 20.5 Å². The molecule has 0 saturated carbocycles. The Hall–Kier alpha value is -1.59. The average Bonchev–Trinajstić information content (AvgIpc) is 2.90. The maximum atomic E-state index is 12.0. The van der Waals surface area contributed by atoms with Crippen LogP contribution >= 0.6 is 0 Å². The Morgan fingerprint density at radius 2 is 2.24 bits per heavy atom. The van der Waals surface area contributed by atoms with Gasteiger partial charge in [0.15, 0.2) is 0 Å². The molecule has 2 rings (SSSR count). The summed E-state index contributed by atoms with van der Waals surface area (Å²) >= 11 is 0. The zero-order chi connectivity index (χ0) is 15.2. The number of carbonyl (C=O) groups excluding carboxylic acids is 1. The van der Waals surface area contributed by atoms with Gasteiger partial charge in [-0.1, -0.05) is 25.1 Å². The number of β-amino-alcohol motifs (C(OH)–C–C–N with tert-alkyl or cyclic N) is 1. The zero-order valence-electron chi connectivity index (χ0n) is 12.6. The highest BCUT2D eigenvalue weighted by atomic mass is 16.5. The van der Waals surface area contributed by atoms with Gasteiger partial charge in [0, 0.05) is 32.0 Å². The van der Waals surface area contributed by atoms with Crippen molar-refractivity contribution in [1.82, 2.24) is 10.6 Å². The van der Waals surface area contributed by atoms with E-state index in [9.17, 15) is 9.90 Å². The molecular weight excluding hydrogens is 268 g/mol. The molecule has 1 heterocycles. The van der Waals surface area contributed by atoms with Gasteiger partial charge >= 0.3 is 0 Å². The van der Waals surface area contributed by atoms with E-state index in [0.29, 0.717) is 19.5 Å². The molecule has 0 bridgehead atoms. The van der Waals surface area contributed by atoms with Crippen molar-refractivity contribution in [3.8, 4) is 5.75 Å². The van der Waals surface area contributed by atoms with Gasteiger partial charge in [-0.05, 0) is 17.5 Å². The third-order valence-corrected chi connectivity index (χ3v) is 4.03. The van der Waals surface area contributed by atoms with Gasteiger partial charge in [-0.2, -0.15) is 0 Å². The molecule has 1 fully saturated rings. The summed E-state index contributed by atoms with van der Waals surface area (Å²) in [6, 6.07) is 7.77. The number of methoxy groups -OCH3 is 1. The summed E-state index contributed by atoms with van der Waals surface area (Å²) in [6.07, 6.45) is 0.0494. The number of rotatable bonds is 6. The lowest BCUT2D eigenvalue weighted by molar-refractivity contribution is -0.121. The van der Waals surface area contributed by atoms with E-state index in [4.69, 9.17) is 4.74 Å². The Labute approximate surface area is 125 Å². The lowest BCUT2D eigenvalue weighted by Gasteiger charge is -2.17. The molecule has 5 heteroatoms. The van der Waals surface area contributed by atoms with Gasteiger partial charge in [-0.25, -0.2) is 0 Å². The monoisotopic (exact) mass is 292 g/mol. The molecular formula is C16H24N2O3. The maximum absolute atomic E-state index is 12.0. The molecule has 0 aliphatic carbocycles. The predicted octanol–water partition coefficient (Wildman–Crippen LogP) is 0.885. The highest BCUT2D eigenvalue weighted by molar-refractivity contribution is 5.77. The molecule has 1 saturated heterocycles. The van der Waals surface area contributed by atoms with Crippen LogP contribution in [0.25, 0.3) is 0 Å². The first-order valence-corrected chi connectivity index (χ1v) is 7.40. The van der Waals surface area contributed by atoms with Crippen LogP contribution in [0, 0.1) is 5.92 Å². The van der Waals surface area contributed by atoms with Crippen molar-refractivity contribution in [3.05, 3.63) is 29.8 Å². The third kappa shape index (κ3) is 4.19. The first-order chi connectivity index (χ1) is 10.1. The smallest absolute Gasteiger partial charge is 0.220 e. The van der Waals surface area contributed by atoms with Gasteiger partial charge in [0.1, 0.15) is 5.75 Å². The number of ether oxygens (including phenoxy) is 1. The Bertz CT molecular complexity index is 478. The SMILES string of the molecule is COc1ccccc1C(C)CC(=O)NCC1CNCC1O. The van der Waals surface area contributed by atoms with E-state index in [2.05, 4.69) is 10.6 Å². The predicted molar refractivity (Wildman–Crippen MR) is 81.4 cm³/mol. The van der Waals surface area contributed by atoms with E-state index < -0.39 is 0 Å². The fraction of sp³-hybridized carbons (Fsp3) is 0.562. The van der Waals surface area contributed by atoms with Crippen molar-refractivity contribution >= 4 is 5.91 Å². The summed E-state index contributed by atoms with van der Waals surface area (Å²) in [4.78, 5) is 12.0. The first kappa shape index (κ1) is 15.8. The van der Waals surface area contributed by atoms with E-state index in [0.717, 1.165) is 17.9 Å². The van der Waals surface area contributed by atoms with Crippen LogP contribution in [-0.4, -0.2) is 43.9 Å². The Morgan fingerprint density at radius 1 is 1.48 bits per heavy atom. The summed E-state index contributed by atoms with van der Waals surface area (Å²) in [5, 5.41) is 15.7. The van der Waals surface area contributed by atoms with Gasteiger partial charge in [0.25, 0.3) is 0 Å². The molecule has 0 radical (unpaired) electrons. The molecule has 1 aliphatic heterocycles. The number of aliphatic hydroxyl groups excluding tert-OH is 1. The van der Waals surface area contributed by atoms with E-state index in [1.807, 2.05) is 31.2 Å². The summed E-state index contributed by atoms with van der Waals surface area (Å²) in [6.45, 7) is 3.90. The highest BCUT2D eigenvalue weighted by Crippen LogP contribution is 2.28. The normalized spacial score (nSPS) is 22.8. The fourth-order valence-electron chi connectivity index (χ4n) is 2.71. The lowest BCUT2D eigenvalue weighted by atomic mass is 9.96. The molecule has 21 heavy (non-hydrogen) atoms. The number of para-hydroxylation sites is 1. The van der Waals surface area contributed by atoms with Crippen LogP contribution in [-0.2, 0) is 4.79 Å². The van der Waals surface area contributed by atoms with Crippen LogP contribution in [0.2, 0.25) is 0 Å². The van der Waals surface area contributed by atoms with Crippen LogP contribution < -0.4 is 15.4 Å². The summed E-state index contributed by atoms with van der Waals surface area (Å²) < 4.78 is 5.33. The Balaban J connectivity index is 1.84. The van der Waals surface area contributed by atoms with Crippen molar-refractivity contribution in [1.29, 1.82) is 0 Å². The maximum Gasteiger partial charge on any atom is 0.220 e. The molecule has 1 aromatic carbocycles. The summed E-state index contributed by atoms with van der Waals surface area (Å²) in [5.41, 5.74) is 1.04. The minimum Gasteiger partial charge on any atom is -0.496 e. The Morgan fingerprint density at radius 3 is 2.90 bits per heavy atom. The van der Waals surface area contributed by atoms with E-state index in [1.54, 1.807) is 7.11 Å². The van der Waals surface area contributed by atoms with Crippen molar-refractivity contribution in [2.75, 3.05) is 26.7 Å². The third-order valence-electron chi connectivity index (χ3n) is 4.03. The number of carbonyl (C=O) groups is 1. The van der Waals surface area contributed by atoms with Crippen LogP contribution in [0.3, 0.4) is 0 Å². The van der Waals surface area contributed by atoms with E-state index >= 15 is 0 Å². The van der Waals surface area contributed by atoms with E-state index in [-0.39, 0.29) is 23.8 Å². The number of hydrogen-bond donors (Lipinski definition) is 3. The second-order valence-corrected chi connectivity index (χ2v) is 5.64. The standard InChI is InChI=1S/C16H24N2O3/c1-11(13-5-3-4-6-15(13)21-2)7-16(20)18-9-12-8-17-10-14(12)19/h3-6,11-12,14,17,19H,7-10H2,1-2H3,(H,18,20). The number of aliphatic hydroxyl groups is 1. The second kappa shape index (κ2) is 7.43. The van der Waals surface area contributed by atoms with Gasteiger partial charge in [-0.3, -0.25) is 4.79 Å². The molecule has 1 aliphatic rings. The van der Waals surface area contributed by atoms with Gasteiger partial charge in [-0.15, -0.1) is 0 Å². The molecule has 5 nitrogen and oxygen atoms in total. The lowest BCUT2D eigenvalue weighted by Crippen LogP contribution is -2.34. The molecule has 3 N–H and O–H groups in total. The minimum atomic E-state index is -0.364. The van der Waals surface area contributed by atoms with Crippen LogP contribution in [0.1, 0.15) is 24.8 Å². The largest absolute Gasteiger partial charge is 0.496 e. The molecule has 0 spiro atoms. The number of nitrogens with one attached hydrogen (secondary N) is 2. The number of hydrogen-bond acceptors (Lipinski definition) is 4. The molecule has 116 valence electrons. The van der Waals surface area contributed by atoms with Crippen molar-refractivity contribution in [3.63, 3.8) is 0 Å². The van der Waals surface area contributed by atoms with Crippen molar-refractivity contribution < 1.29 is 14.6 Å². The summed E-state index contributed by atoms with van der Waals surface area (Å²) in [5.74, 6) is 1.02. The van der Waals surface area contributed by atoms with Crippen LogP contribution in [0.4, 0.5) is 0 Å². The fourth-order valence-corrected chi connectivity index (χ4v) is 2.71. The zero-order valence-corrected chi connectivity index (χ0v) is 12.6. The molecule has 1 aromatic rings. The average molecular weight is 292 g/mol. The van der Waals surface area contributed by atoms with Crippen LogP contribution in [0.15, 0.2) is 24.3 Å². The first-order valence-electron chi connectivity index (χ1n) is 7.40. The number of amides is 1. The Kier molecular flexibility index (Phi) is 5.59. The minimum absolute atomic E-state index is 0.00695. The summed E-state index contributed by atoms with van der Waals surface area (Å²) in [7, 11) is 1.64.